The van der Waals surface area contributed by atoms with Gasteiger partial charge < -0.3 is 15.4 Å². The van der Waals surface area contributed by atoms with Gasteiger partial charge in [-0.2, -0.15) is 4.98 Å². The van der Waals surface area contributed by atoms with Crippen LogP contribution in [0.25, 0.3) is 0 Å². The number of rotatable bonds is 6. The summed E-state index contributed by atoms with van der Waals surface area (Å²) in [5, 5.41) is 7.17. The van der Waals surface area contributed by atoms with Crippen molar-refractivity contribution in [3.8, 4) is 5.75 Å². The Morgan fingerprint density at radius 3 is 2.62 bits per heavy atom. The largest absolute Gasteiger partial charge is 0.495 e. The van der Waals surface area contributed by atoms with Crippen LogP contribution in [-0.2, 0) is 6.54 Å². The van der Waals surface area contributed by atoms with E-state index in [1.165, 1.54) is 11.1 Å². The highest BCUT2D eigenvalue weighted by atomic mass is 35.5. The van der Waals surface area contributed by atoms with Crippen molar-refractivity contribution in [1.82, 2.24) is 9.97 Å². The number of ether oxygens (including phenoxy) is 1. The third-order valence-electron chi connectivity index (χ3n) is 3.98. The summed E-state index contributed by atoms with van der Waals surface area (Å²) in [7, 11) is 1.62. The molecule has 5 nitrogen and oxygen atoms in total. The van der Waals surface area contributed by atoms with Crippen molar-refractivity contribution in [2.24, 2.45) is 0 Å². The quantitative estimate of drug-likeness (QED) is 0.633. The Morgan fingerprint density at radius 1 is 1.04 bits per heavy atom. The summed E-state index contributed by atoms with van der Waals surface area (Å²) in [5.74, 6) is 1.93. The average molecular weight is 369 g/mol. The highest BCUT2D eigenvalue weighted by molar-refractivity contribution is 6.31. The van der Waals surface area contributed by atoms with E-state index >= 15 is 0 Å². The second-order valence-electron chi connectivity index (χ2n) is 5.97. The lowest BCUT2D eigenvalue weighted by Gasteiger charge is -2.13. The number of hydrogen-bond acceptors (Lipinski definition) is 5. The van der Waals surface area contributed by atoms with Crippen molar-refractivity contribution < 1.29 is 4.74 Å². The van der Waals surface area contributed by atoms with Crippen LogP contribution in [0.15, 0.2) is 48.5 Å². The standard InChI is InChI=1S/C20H21ClN4O/c1-13-6-4-5-7-15(13)12-22-20-23-14(2)10-19(25-20)24-17-11-16(21)8-9-18(17)26-3/h4-11H,12H2,1-3H3,(H2,22,23,24,25). The molecule has 0 saturated carbocycles. The Hall–Kier alpha value is -2.79. The Bertz CT molecular complexity index is 914. The van der Waals surface area contributed by atoms with E-state index in [4.69, 9.17) is 16.3 Å². The Kier molecular flexibility index (Phi) is 5.58. The molecule has 0 unspecified atom stereocenters. The van der Waals surface area contributed by atoms with Crippen LogP contribution in [0, 0.1) is 13.8 Å². The third-order valence-corrected chi connectivity index (χ3v) is 4.21. The zero-order valence-electron chi connectivity index (χ0n) is 15.0. The normalized spacial score (nSPS) is 10.5. The molecule has 0 aliphatic rings. The molecule has 0 aliphatic heterocycles. The number of hydrogen-bond donors (Lipinski definition) is 2. The first-order valence-electron chi connectivity index (χ1n) is 8.30. The smallest absolute Gasteiger partial charge is 0.225 e. The van der Waals surface area contributed by atoms with E-state index in [-0.39, 0.29) is 0 Å². The van der Waals surface area contributed by atoms with Crippen molar-refractivity contribution in [3.63, 3.8) is 0 Å². The first kappa shape index (κ1) is 18.0. The van der Waals surface area contributed by atoms with Gasteiger partial charge in [-0.1, -0.05) is 35.9 Å². The Labute approximate surface area is 158 Å². The van der Waals surface area contributed by atoms with Crippen LogP contribution in [0.5, 0.6) is 5.75 Å². The first-order chi connectivity index (χ1) is 12.5. The van der Waals surface area contributed by atoms with Gasteiger partial charge in [-0.05, 0) is 43.2 Å². The second kappa shape index (κ2) is 8.06. The van der Waals surface area contributed by atoms with Gasteiger partial charge in [0.1, 0.15) is 11.6 Å². The van der Waals surface area contributed by atoms with Crippen LogP contribution >= 0.6 is 11.6 Å². The number of nitrogens with zero attached hydrogens (tertiary/aromatic N) is 2. The summed E-state index contributed by atoms with van der Waals surface area (Å²) in [5.41, 5.74) is 4.05. The lowest BCUT2D eigenvalue weighted by molar-refractivity contribution is 0.417. The van der Waals surface area contributed by atoms with Gasteiger partial charge in [0.15, 0.2) is 0 Å². The molecule has 3 rings (SSSR count). The van der Waals surface area contributed by atoms with Crippen molar-refractivity contribution in [3.05, 3.63) is 70.4 Å². The van der Waals surface area contributed by atoms with Crippen molar-refractivity contribution >= 4 is 29.1 Å². The SMILES string of the molecule is COc1ccc(Cl)cc1Nc1cc(C)nc(NCc2ccccc2C)n1. The molecule has 0 amide bonds. The molecule has 0 radical (unpaired) electrons. The number of nitrogens with one attached hydrogen (secondary N) is 2. The summed E-state index contributed by atoms with van der Waals surface area (Å²) in [6, 6.07) is 15.5. The number of anilines is 3. The molecule has 0 bridgehead atoms. The monoisotopic (exact) mass is 368 g/mol. The lowest BCUT2D eigenvalue weighted by Crippen LogP contribution is -2.07. The number of benzene rings is 2. The topological polar surface area (TPSA) is 59.1 Å². The van der Waals surface area contributed by atoms with Crippen LogP contribution in [0.2, 0.25) is 5.02 Å². The highest BCUT2D eigenvalue weighted by Crippen LogP contribution is 2.30. The molecule has 1 aromatic heterocycles. The molecule has 3 aromatic rings. The maximum Gasteiger partial charge on any atom is 0.225 e. The molecule has 2 N–H and O–H groups in total. The van der Waals surface area contributed by atoms with E-state index in [2.05, 4.69) is 39.7 Å². The summed E-state index contributed by atoms with van der Waals surface area (Å²) < 4.78 is 5.37. The molecule has 134 valence electrons. The second-order valence-corrected chi connectivity index (χ2v) is 6.40. The van der Waals surface area contributed by atoms with Crippen molar-refractivity contribution in [2.75, 3.05) is 17.7 Å². The minimum absolute atomic E-state index is 0.566. The van der Waals surface area contributed by atoms with Crippen LogP contribution < -0.4 is 15.4 Å². The minimum Gasteiger partial charge on any atom is -0.495 e. The lowest BCUT2D eigenvalue weighted by atomic mass is 10.1. The fourth-order valence-corrected chi connectivity index (χ4v) is 2.78. The van der Waals surface area contributed by atoms with Gasteiger partial charge in [-0.15, -0.1) is 0 Å². The van der Waals surface area contributed by atoms with E-state index in [0.717, 1.165) is 11.4 Å². The van der Waals surface area contributed by atoms with E-state index in [0.29, 0.717) is 29.1 Å². The molecule has 6 heteroatoms. The number of aryl methyl sites for hydroxylation is 2. The van der Waals surface area contributed by atoms with E-state index in [1.807, 2.05) is 31.2 Å². The summed E-state index contributed by atoms with van der Waals surface area (Å²) in [6.07, 6.45) is 0. The Morgan fingerprint density at radius 2 is 1.85 bits per heavy atom. The molecular formula is C20H21ClN4O. The molecule has 0 fully saturated rings. The summed E-state index contributed by atoms with van der Waals surface area (Å²) in [6.45, 7) is 4.68. The van der Waals surface area contributed by atoms with Gasteiger partial charge >= 0.3 is 0 Å². The minimum atomic E-state index is 0.566. The maximum absolute atomic E-state index is 6.09. The summed E-state index contributed by atoms with van der Waals surface area (Å²) in [4.78, 5) is 9.01. The Balaban J connectivity index is 1.80. The van der Waals surface area contributed by atoms with Crippen LogP contribution in [0.3, 0.4) is 0 Å². The zero-order chi connectivity index (χ0) is 18.5. The van der Waals surface area contributed by atoms with Gasteiger partial charge in [-0.3, -0.25) is 0 Å². The van der Waals surface area contributed by atoms with E-state index < -0.39 is 0 Å². The third kappa shape index (κ3) is 4.43. The maximum atomic E-state index is 6.09. The molecule has 2 aromatic carbocycles. The van der Waals surface area contributed by atoms with Crippen molar-refractivity contribution in [1.29, 1.82) is 0 Å². The van der Waals surface area contributed by atoms with Crippen LogP contribution in [0.4, 0.5) is 17.5 Å². The fraction of sp³-hybridized carbons (Fsp3) is 0.200. The predicted octanol–water partition coefficient (Wildman–Crippen LogP) is 5.11. The van der Waals surface area contributed by atoms with Gasteiger partial charge in [0.05, 0.1) is 12.8 Å². The predicted molar refractivity (Wildman–Crippen MR) is 107 cm³/mol. The molecule has 0 saturated heterocycles. The van der Waals surface area contributed by atoms with Crippen LogP contribution in [-0.4, -0.2) is 17.1 Å². The molecule has 26 heavy (non-hydrogen) atoms. The fourth-order valence-electron chi connectivity index (χ4n) is 2.61. The van der Waals surface area contributed by atoms with Gasteiger partial charge in [0.25, 0.3) is 0 Å². The first-order valence-corrected chi connectivity index (χ1v) is 8.67. The number of aromatic nitrogens is 2. The van der Waals surface area contributed by atoms with Gasteiger partial charge in [0, 0.05) is 23.3 Å². The molecule has 1 heterocycles. The average Bonchev–Trinajstić information content (AvgIpc) is 2.61. The highest BCUT2D eigenvalue weighted by Gasteiger charge is 2.08. The van der Waals surface area contributed by atoms with Crippen molar-refractivity contribution in [2.45, 2.75) is 20.4 Å². The molecular weight excluding hydrogens is 348 g/mol. The van der Waals surface area contributed by atoms with Gasteiger partial charge in [-0.25, -0.2) is 4.98 Å². The molecule has 0 aliphatic carbocycles. The molecule has 0 atom stereocenters. The van der Waals surface area contributed by atoms with Crippen LogP contribution in [0.1, 0.15) is 16.8 Å². The van der Waals surface area contributed by atoms with E-state index in [1.54, 1.807) is 19.2 Å². The zero-order valence-corrected chi connectivity index (χ0v) is 15.8. The van der Waals surface area contributed by atoms with E-state index in [9.17, 15) is 0 Å². The van der Waals surface area contributed by atoms with Gasteiger partial charge in [0.2, 0.25) is 5.95 Å². The number of methoxy groups -OCH3 is 1. The summed E-state index contributed by atoms with van der Waals surface area (Å²) >= 11 is 6.09. The number of halogens is 1. The molecule has 0 spiro atoms.